The second-order valence-electron chi connectivity index (χ2n) is 5.06. The highest BCUT2D eigenvalue weighted by Crippen LogP contribution is 2.24. The maximum Gasteiger partial charge on any atom is 0.132 e. The molecular formula is C16H19ClN2. The first-order valence-corrected chi connectivity index (χ1v) is 6.81. The Morgan fingerprint density at radius 3 is 2.47 bits per heavy atom. The van der Waals surface area contributed by atoms with Crippen molar-refractivity contribution < 1.29 is 0 Å². The molecule has 0 spiro atoms. The lowest BCUT2D eigenvalue weighted by Crippen LogP contribution is -2.08. The normalized spacial score (nSPS) is 12.3. The molecule has 0 aliphatic carbocycles. The number of benzene rings is 1. The van der Waals surface area contributed by atoms with Crippen LogP contribution in [0.25, 0.3) is 0 Å². The van der Waals surface area contributed by atoms with Crippen LogP contribution < -0.4 is 5.32 Å². The van der Waals surface area contributed by atoms with E-state index in [-0.39, 0.29) is 6.04 Å². The van der Waals surface area contributed by atoms with Gasteiger partial charge in [0.05, 0.1) is 11.9 Å². The van der Waals surface area contributed by atoms with Crippen LogP contribution in [0.2, 0.25) is 5.15 Å². The van der Waals surface area contributed by atoms with Crippen molar-refractivity contribution in [1.82, 2.24) is 4.98 Å². The fraction of sp³-hybridized carbons (Fsp3) is 0.312. The van der Waals surface area contributed by atoms with Crippen LogP contribution in [0.3, 0.4) is 0 Å². The van der Waals surface area contributed by atoms with Gasteiger partial charge in [-0.05, 0) is 50.5 Å². The SMILES string of the molecule is Cc1ccc(C(C)Nc2cnc(Cl)c(C)c2)c(C)c1. The Kier molecular flexibility index (Phi) is 4.11. The van der Waals surface area contributed by atoms with Crippen molar-refractivity contribution in [3.8, 4) is 0 Å². The molecule has 0 aliphatic rings. The van der Waals surface area contributed by atoms with E-state index < -0.39 is 0 Å². The van der Waals surface area contributed by atoms with E-state index in [1.165, 1.54) is 16.7 Å². The average molecular weight is 275 g/mol. The monoisotopic (exact) mass is 274 g/mol. The minimum absolute atomic E-state index is 0.239. The third-order valence-corrected chi connectivity index (χ3v) is 3.69. The lowest BCUT2D eigenvalue weighted by Gasteiger charge is -2.18. The Morgan fingerprint density at radius 2 is 1.84 bits per heavy atom. The number of pyridine rings is 1. The fourth-order valence-corrected chi connectivity index (χ4v) is 2.38. The Morgan fingerprint density at radius 1 is 1.11 bits per heavy atom. The molecule has 2 aromatic rings. The molecule has 1 N–H and O–H groups in total. The molecule has 100 valence electrons. The molecule has 3 heteroatoms. The zero-order chi connectivity index (χ0) is 14.0. The summed E-state index contributed by atoms with van der Waals surface area (Å²) in [5.74, 6) is 0. The molecule has 0 aliphatic heterocycles. The molecule has 0 fully saturated rings. The number of nitrogens with zero attached hydrogens (tertiary/aromatic N) is 1. The van der Waals surface area contributed by atoms with Crippen molar-refractivity contribution in [2.24, 2.45) is 0 Å². The van der Waals surface area contributed by atoms with Gasteiger partial charge in [0, 0.05) is 6.04 Å². The number of anilines is 1. The lowest BCUT2D eigenvalue weighted by atomic mass is 10.00. The molecule has 1 unspecified atom stereocenters. The third-order valence-electron chi connectivity index (χ3n) is 3.29. The van der Waals surface area contributed by atoms with Crippen LogP contribution in [-0.4, -0.2) is 4.98 Å². The highest BCUT2D eigenvalue weighted by Gasteiger charge is 2.09. The zero-order valence-electron chi connectivity index (χ0n) is 11.8. The lowest BCUT2D eigenvalue weighted by molar-refractivity contribution is 0.871. The van der Waals surface area contributed by atoms with Gasteiger partial charge in [0.15, 0.2) is 0 Å². The van der Waals surface area contributed by atoms with Gasteiger partial charge in [-0.15, -0.1) is 0 Å². The van der Waals surface area contributed by atoms with E-state index in [2.05, 4.69) is 49.3 Å². The quantitative estimate of drug-likeness (QED) is 0.811. The number of aromatic nitrogens is 1. The molecule has 0 saturated heterocycles. The maximum atomic E-state index is 5.94. The highest BCUT2D eigenvalue weighted by molar-refractivity contribution is 6.30. The van der Waals surface area contributed by atoms with Crippen molar-refractivity contribution in [2.45, 2.75) is 33.7 Å². The average Bonchev–Trinajstić information content (AvgIpc) is 2.33. The fourth-order valence-electron chi connectivity index (χ4n) is 2.28. The van der Waals surface area contributed by atoms with Gasteiger partial charge in [0.2, 0.25) is 0 Å². The van der Waals surface area contributed by atoms with Crippen molar-refractivity contribution in [3.05, 3.63) is 57.9 Å². The molecule has 1 atom stereocenters. The first kappa shape index (κ1) is 13.9. The third kappa shape index (κ3) is 3.27. The van der Waals surface area contributed by atoms with Gasteiger partial charge in [-0.3, -0.25) is 0 Å². The molecule has 1 aromatic carbocycles. The molecule has 0 radical (unpaired) electrons. The molecule has 1 aromatic heterocycles. The topological polar surface area (TPSA) is 24.9 Å². The van der Waals surface area contributed by atoms with Crippen LogP contribution in [-0.2, 0) is 0 Å². The van der Waals surface area contributed by atoms with Crippen molar-refractivity contribution in [1.29, 1.82) is 0 Å². The molecule has 0 saturated carbocycles. The Hall–Kier alpha value is -1.54. The molecule has 0 amide bonds. The summed E-state index contributed by atoms with van der Waals surface area (Å²) < 4.78 is 0. The van der Waals surface area contributed by atoms with E-state index in [1.807, 2.05) is 13.0 Å². The number of aryl methyl sites for hydroxylation is 3. The first-order valence-electron chi connectivity index (χ1n) is 6.43. The highest BCUT2D eigenvalue weighted by atomic mass is 35.5. The van der Waals surface area contributed by atoms with Crippen LogP contribution in [0.1, 0.15) is 35.2 Å². The van der Waals surface area contributed by atoms with Crippen LogP contribution in [0.4, 0.5) is 5.69 Å². The number of rotatable bonds is 3. The van der Waals surface area contributed by atoms with Crippen LogP contribution in [0.15, 0.2) is 30.5 Å². The molecular weight excluding hydrogens is 256 g/mol. The second kappa shape index (κ2) is 5.62. The molecule has 2 rings (SSSR count). The summed E-state index contributed by atoms with van der Waals surface area (Å²) in [6.07, 6.45) is 1.77. The molecule has 19 heavy (non-hydrogen) atoms. The number of hydrogen-bond donors (Lipinski definition) is 1. The van der Waals surface area contributed by atoms with Gasteiger partial charge >= 0.3 is 0 Å². The summed E-state index contributed by atoms with van der Waals surface area (Å²) in [6, 6.07) is 8.79. The summed E-state index contributed by atoms with van der Waals surface area (Å²) in [4.78, 5) is 4.16. The summed E-state index contributed by atoms with van der Waals surface area (Å²) in [6.45, 7) is 8.37. The predicted octanol–water partition coefficient (Wildman–Crippen LogP) is 4.83. The van der Waals surface area contributed by atoms with Gasteiger partial charge in [-0.2, -0.15) is 0 Å². The smallest absolute Gasteiger partial charge is 0.132 e. The van der Waals surface area contributed by atoms with Gasteiger partial charge in [0.25, 0.3) is 0 Å². The number of halogens is 1. The predicted molar refractivity (Wildman–Crippen MR) is 81.9 cm³/mol. The molecule has 0 bridgehead atoms. The Balaban J connectivity index is 2.20. The van der Waals surface area contributed by atoms with Crippen LogP contribution >= 0.6 is 11.6 Å². The van der Waals surface area contributed by atoms with Gasteiger partial charge in [0.1, 0.15) is 5.15 Å². The number of hydrogen-bond acceptors (Lipinski definition) is 2. The van der Waals surface area contributed by atoms with Gasteiger partial charge < -0.3 is 5.32 Å². The van der Waals surface area contributed by atoms with Gasteiger partial charge in [-0.1, -0.05) is 35.4 Å². The van der Waals surface area contributed by atoms with E-state index in [1.54, 1.807) is 6.20 Å². The van der Waals surface area contributed by atoms with E-state index in [0.717, 1.165) is 11.3 Å². The Bertz CT molecular complexity index is 593. The largest absolute Gasteiger partial charge is 0.377 e. The van der Waals surface area contributed by atoms with Crippen molar-refractivity contribution >= 4 is 17.3 Å². The summed E-state index contributed by atoms with van der Waals surface area (Å²) >= 11 is 5.94. The minimum Gasteiger partial charge on any atom is -0.377 e. The zero-order valence-corrected chi connectivity index (χ0v) is 12.5. The maximum absolute atomic E-state index is 5.94. The van der Waals surface area contributed by atoms with E-state index in [4.69, 9.17) is 11.6 Å². The standard InChI is InChI=1S/C16H19ClN2/c1-10-5-6-15(11(2)7-10)13(4)19-14-8-12(3)16(17)18-9-14/h5-9,13,19H,1-4H3. The summed E-state index contributed by atoms with van der Waals surface area (Å²) in [5, 5.41) is 4.03. The Labute approximate surface area is 119 Å². The first-order chi connectivity index (χ1) is 8.97. The van der Waals surface area contributed by atoms with Crippen molar-refractivity contribution in [3.63, 3.8) is 0 Å². The summed E-state index contributed by atoms with van der Waals surface area (Å²) in [5.41, 5.74) is 5.88. The molecule has 2 nitrogen and oxygen atoms in total. The molecule has 1 heterocycles. The van der Waals surface area contributed by atoms with E-state index >= 15 is 0 Å². The van der Waals surface area contributed by atoms with Crippen LogP contribution in [0, 0.1) is 20.8 Å². The number of nitrogens with one attached hydrogen (secondary N) is 1. The van der Waals surface area contributed by atoms with Crippen LogP contribution in [0.5, 0.6) is 0 Å². The second-order valence-corrected chi connectivity index (χ2v) is 5.42. The van der Waals surface area contributed by atoms with E-state index in [0.29, 0.717) is 5.15 Å². The van der Waals surface area contributed by atoms with E-state index in [9.17, 15) is 0 Å². The summed E-state index contributed by atoms with van der Waals surface area (Å²) in [7, 11) is 0. The minimum atomic E-state index is 0.239. The van der Waals surface area contributed by atoms with Crippen molar-refractivity contribution in [2.75, 3.05) is 5.32 Å². The van der Waals surface area contributed by atoms with Gasteiger partial charge in [-0.25, -0.2) is 4.98 Å².